The molecule has 0 bridgehead atoms. The fraction of sp³-hybridized carbons (Fsp3) is 0.316. The Bertz CT molecular complexity index is 936. The maximum absolute atomic E-state index is 12.9. The third-order valence-corrected chi connectivity index (χ3v) is 5.81. The lowest BCUT2D eigenvalue weighted by Gasteiger charge is -2.12. The zero-order valence-corrected chi connectivity index (χ0v) is 16.2. The molecule has 1 N–H and O–H groups in total. The van der Waals surface area contributed by atoms with Crippen molar-refractivity contribution >= 4 is 39.9 Å². The molecule has 0 radical (unpaired) electrons. The number of aryl methyl sites for hydroxylation is 1. The van der Waals surface area contributed by atoms with Crippen LogP contribution in [-0.4, -0.2) is 27.8 Å². The van der Waals surface area contributed by atoms with Crippen LogP contribution in [-0.2, 0) is 17.8 Å². The molecule has 1 aromatic carbocycles. The summed E-state index contributed by atoms with van der Waals surface area (Å²) in [5.74, 6) is 0.216. The third-order valence-electron chi connectivity index (χ3n) is 3.89. The molecular formula is C19H21N3O2S2. The number of carbonyl (C=O) groups excluding carboxylic acids is 1. The molecule has 1 amide bonds. The summed E-state index contributed by atoms with van der Waals surface area (Å²) >= 11 is 2.99. The monoisotopic (exact) mass is 387 g/mol. The molecule has 2 aromatic heterocycles. The second-order valence-electron chi connectivity index (χ2n) is 5.84. The van der Waals surface area contributed by atoms with E-state index < -0.39 is 0 Å². The van der Waals surface area contributed by atoms with Crippen LogP contribution >= 0.6 is 23.1 Å². The van der Waals surface area contributed by atoms with Gasteiger partial charge in [-0.3, -0.25) is 14.2 Å². The number of benzene rings is 1. The molecule has 3 rings (SSSR count). The molecule has 0 aliphatic carbocycles. The van der Waals surface area contributed by atoms with Gasteiger partial charge in [0, 0.05) is 18.0 Å². The van der Waals surface area contributed by atoms with Crippen molar-refractivity contribution in [3.05, 3.63) is 57.0 Å². The van der Waals surface area contributed by atoms with Gasteiger partial charge in [0.2, 0.25) is 5.91 Å². The topological polar surface area (TPSA) is 64.0 Å². The number of thiophene rings is 1. The average molecular weight is 388 g/mol. The van der Waals surface area contributed by atoms with Gasteiger partial charge in [0.25, 0.3) is 5.56 Å². The van der Waals surface area contributed by atoms with Crippen LogP contribution in [0.1, 0.15) is 18.2 Å². The standard InChI is InChI=1S/C19H21N3O2S2/c1-2-10-20-17(23)13-26-19-21-16-8-4-3-7-15(16)18(24)22(19)11-9-14-6-5-12-25-14/h3-8,12H,2,9-11,13H2,1H3,(H,20,23). The highest BCUT2D eigenvalue weighted by Gasteiger charge is 2.13. The summed E-state index contributed by atoms with van der Waals surface area (Å²) < 4.78 is 1.69. The summed E-state index contributed by atoms with van der Waals surface area (Å²) in [6, 6.07) is 11.4. The van der Waals surface area contributed by atoms with E-state index in [2.05, 4.69) is 16.4 Å². The first-order valence-corrected chi connectivity index (χ1v) is 10.5. The van der Waals surface area contributed by atoms with Crippen LogP contribution in [0.15, 0.2) is 51.7 Å². The van der Waals surface area contributed by atoms with Crippen LogP contribution in [0.5, 0.6) is 0 Å². The van der Waals surface area contributed by atoms with E-state index in [-0.39, 0.29) is 17.2 Å². The van der Waals surface area contributed by atoms with Crippen molar-refractivity contribution in [1.82, 2.24) is 14.9 Å². The van der Waals surface area contributed by atoms with Gasteiger partial charge in [-0.25, -0.2) is 4.98 Å². The predicted octanol–water partition coefficient (Wildman–Crippen LogP) is 3.32. The fourth-order valence-electron chi connectivity index (χ4n) is 2.58. The number of thioether (sulfide) groups is 1. The maximum atomic E-state index is 12.9. The summed E-state index contributed by atoms with van der Waals surface area (Å²) in [7, 11) is 0. The smallest absolute Gasteiger partial charge is 0.262 e. The molecule has 26 heavy (non-hydrogen) atoms. The first-order valence-electron chi connectivity index (χ1n) is 8.60. The number of aromatic nitrogens is 2. The number of fused-ring (bicyclic) bond motifs is 1. The van der Waals surface area contributed by atoms with Crippen LogP contribution in [0.4, 0.5) is 0 Å². The minimum Gasteiger partial charge on any atom is -0.355 e. The van der Waals surface area contributed by atoms with Gasteiger partial charge in [0.05, 0.1) is 16.7 Å². The van der Waals surface area contributed by atoms with E-state index in [0.717, 1.165) is 12.8 Å². The lowest BCUT2D eigenvalue weighted by molar-refractivity contribution is -0.118. The lowest BCUT2D eigenvalue weighted by Crippen LogP contribution is -2.27. The highest BCUT2D eigenvalue weighted by atomic mass is 32.2. The Hall–Kier alpha value is -2.12. The van der Waals surface area contributed by atoms with Gasteiger partial charge in [0.15, 0.2) is 5.16 Å². The summed E-state index contributed by atoms with van der Waals surface area (Å²) in [4.78, 5) is 30.7. The van der Waals surface area contributed by atoms with E-state index >= 15 is 0 Å². The highest BCUT2D eigenvalue weighted by molar-refractivity contribution is 7.99. The first-order chi connectivity index (χ1) is 12.7. The molecule has 0 spiro atoms. The molecule has 0 saturated carbocycles. The number of amides is 1. The molecule has 0 aliphatic rings. The van der Waals surface area contributed by atoms with Gasteiger partial charge in [-0.15, -0.1) is 11.3 Å². The molecule has 3 aromatic rings. The zero-order valence-electron chi connectivity index (χ0n) is 14.6. The van der Waals surface area contributed by atoms with E-state index in [9.17, 15) is 9.59 Å². The van der Waals surface area contributed by atoms with Gasteiger partial charge in [-0.2, -0.15) is 0 Å². The van der Waals surface area contributed by atoms with E-state index in [1.54, 1.807) is 22.0 Å². The Labute approximate surface area is 160 Å². The summed E-state index contributed by atoms with van der Waals surface area (Å²) in [5.41, 5.74) is 0.616. The molecule has 136 valence electrons. The molecule has 0 unspecified atom stereocenters. The number of nitrogens with one attached hydrogen (secondary N) is 1. The second kappa shape index (κ2) is 9.00. The number of hydrogen-bond acceptors (Lipinski definition) is 5. The van der Waals surface area contributed by atoms with Crippen molar-refractivity contribution in [2.24, 2.45) is 0 Å². The molecule has 0 fully saturated rings. The van der Waals surface area contributed by atoms with Crippen molar-refractivity contribution < 1.29 is 4.79 Å². The number of hydrogen-bond donors (Lipinski definition) is 1. The molecular weight excluding hydrogens is 366 g/mol. The minimum absolute atomic E-state index is 0.0379. The maximum Gasteiger partial charge on any atom is 0.262 e. The Morgan fingerprint density at radius 2 is 2.12 bits per heavy atom. The van der Waals surface area contributed by atoms with Crippen LogP contribution in [0, 0.1) is 0 Å². The second-order valence-corrected chi connectivity index (χ2v) is 7.81. The van der Waals surface area contributed by atoms with Gasteiger partial charge < -0.3 is 5.32 Å². The molecule has 5 nitrogen and oxygen atoms in total. The Morgan fingerprint density at radius 3 is 2.88 bits per heavy atom. The van der Waals surface area contributed by atoms with E-state index in [4.69, 9.17) is 0 Å². The third kappa shape index (κ3) is 4.53. The van der Waals surface area contributed by atoms with Gasteiger partial charge in [0.1, 0.15) is 0 Å². The lowest BCUT2D eigenvalue weighted by atomic mass is 10.2. The summed E-state index contributed by atoms with van der Waals surface area (Å²) in [6.07, 6.45) is 1.67. The van der Waals surface area contributed by atoms with Crippen molar-refractivity contribution in [2.45, 2.75) is 31.5 Å². The average Bonchev–Trinajstić information content (AvgIpc) is 3.17. The fourth-order valence-corrected chi connectivity index (χ4v) is 4.13. The highest BCUT2D eigenvalue weighted by Crippen LogP contribution is 2.19. The van der Waals surface area contributed by atoms with Crippen LogP contribution in [0.25, 0.3) is 10.9 Å². The number of para-hydroxylation sites is 1. The predicted molar refractivity (Wildman–Crippen MR) is 108 cm³/mol. The minimum atomic E-state index is -0.0522. The molecule has 2 heterocycles. The van der Waals surface area contributed by atoms with Gasteiger partial charge in [-0.05, 0) is 36.4 Å². The molecule has 0 aliphatic heterocycles. The van der Waals surface area contributed by atoms with Crippen molar-refractivity contribution in [3.8, 4) is 0 Å². The van der Waals surface area contributed by atoms with Crippen molar-refractivity contribution in [3.63, 3.8) is 0 Å². The normalized spacial score (nSPS) is 11.0. The van der Waals surface area contributed by atoms with E-state index in [1.807, 2.05) is 36.6 Å². The van der Waals surface area contributed by atoms with Gasteiger partial charge >= 0.3 is 0 Å². The Kier molecular flexibility index (Phi) is 6.46. The Balaban J connectivity index is 1.87. The Morgan fingerprint density at radius 1 is 1.27 bits per heavy atom. The van der Waals surface area contributed by atoms with E-state index in [0.29, 0.717) is 29.1 Å². The molecule has 0 atom stereocenters. The van der Waals surface area contributed by atoms with Crippen LogP contribution in [0.3, 0.4) is 0 Å². The number of nitrogens with zero attached hydrogens (tertiary/aromatic N) is 2. The van der Waals surface area contributed by atoms with Crippen molar-refractivity contribution in [2.75, 3.05) is 12.3 Å². The van der Waals surface area contributed by atoms with Crippen LogP contribution < -0.4 is 10.9 Å². The van der Waals surface area contributed by atoms with E-state index in [1.165, 1.54) is 16.6 Å². The zero-order chi connectivity index (χ0) is 18.4. The number of carbonyl (C=O) groups is 1. The largest absolute Gasteiger partial charge is 0.355 e. The van der Waals surface area contributed by atoms with Gasteiger partial charge in [-0.1, -0.05) is 36.9 Å². The van der Waals surface area contributed by atoms with Crippen LogP contribution in [0.2, 0.25) is 0 Å². The summed E-state index contributed by atoms with van der Waals surface area (Å²) in [5, 5.41) is 6.09. The quantitative estimate of drug-likeness (QED) is 0.476. The summed E-state index contributed by atoms with van der Waals surface area (Å²) in [6.45, 7) is 3.23. The van der Waals surface area contributed by atoms with Crippen molar-refractivity contribution in [1.29, 1.82) is 0 Å². The first kappa shape index (κ1) is 18.7. The number of rotatable bonds is 8. The SMILES string of the molecule is CCCNC(=O)CSc1nc2ccccc2c(=O)n1CCc1cccs1. The molecule has 7 heteroatoms. The molecule has 0 saturated heterocycles.